The second kappa shape index (κ2) is 8.76. The monoisotopic (exact) mass is 422 g/mol. The molecule has 0 radical (unpaired) electrons. The van der Waals surface area contributed by atoms with Crippen LogP contribution in [0.5, 0.6) is 0 Å². The van der Waals surface area contributed by atoms with Crippen LogP contribution in [-0.4, -0.2) is 36.1 Å². The maximum absolute atomic E-state index is 6.62. The van der Waals surface area contributed by atoms with Gasteiger partial charge in [-0.05, 0) is 50.4 Å². The summed E-state index contributed by atoms with van der Waals surface area (Å²) in [6.45, 7) is 2.08. The van der Waals surface area contributed by atoms with Crippen LogP contribution < -0.4 is 0 Å². The van der Waals surface area contributed by atoms with Gasteiger partial charge in [0.1, 0.15) is 17.5 Å². The van der Waals surface area contributed by atoms with Gasteiger partial charge in [-0.1, -0.05) is 30.4 Å². The van der Waals surface area contributed by atoms with Gasteiger partial charge in [0.15, 0.2) is 17.6 Å². The van der Waals surface area contributed by atoms with Crippen LogP contribution in [0.15, 0.2) is 72.1 Å². The van der Waals surface area contributed by atoms with Crippen LogP contribution >= 0.6 is 11.3 Å². The summed E-state index contributed by atoms with van der Waals surface area (Å²) in [4.78, 5) is 7.21. The molecule has 0 saturated carbocycles. The number of hydrogen-bond acceptors (Lipinski definition) is 6. The number of thiazole rings is 1. The van der Waals surface area contributed by atoms with Crippen molar-refractivity contribution in [2.75, 3.05) is 20.1 Å². The lowest BCUT2D eigenvalue weighted by molar-refractivity contribution is -0.0464. The lowest BCUT2D eigenvalue weighted by atomic mass is 10.0. The largest absolute Gasteiger partial charge is 0.465 e. The number of nitrogens with zero attached hydrogens (tertiary/aromatic N) is 2. The Hall–Kier alpha value is -2.41. The van der Waals surface area contributed by atoms with Crippen LogP contribution in [0.3, 0.4) is 0 Å². The Morgan fingerprint density at radius 2 is 2.07 bits per heavy atom. The average molecular weight is 423 g/mol. The SMILES string of the molecule is CN1CCC(OC(C2=COC=C(C3=CC=CCC3)O2)c2nc3ccccc3s2)CC1. The highest BCUT2D eigenvalue weighted by molar-refractivity contribution is 7.18. The van der Waals surface area contributed by atoms with Gasteiger partial charge >= 0.3 is 0 Å². The minimum atomic E-state index is -0.376. The van der Waals surface area contributed by atoms with Crippen LogP contribution in [0.4, 0.5) is 0 Å². The van der Waals surface area contributed by atoms with Gasteiger partial charge < -0.3 is 19.1 Å². The highest BCUT2D eigenvalue weighted by Gasteiger charge is 2.31. The van der Waals surface area contributed by atoms with E-state index < -0.39 is 0 Å². The summed E-state index contributed by atoms with van der Waals surface area (Å²) >= 11 is 1.66. The summed E-state index contributed by atoms with van der Waals surface area (Å²) < 4.78 is 19.8. The second-order valence-electron chi connectivity index (χ2n) is 7.94. The normalized spacial score (nSPS) is 21.4. The Morgan fingerprint density at radius 1 is 1.20 bits per heavy atom. The minimum Gasteiger partial charge on any atom is -0.465 e. The molecule has 1 aliphatic carbocycles. The first-order valence-corrected chi connectivity index (χ1v) is 11.4. The van der Waals surface area contributed by atoms with Crippen LogP contribution in [0.25, 0.3) is 10.2 Å². The molecule has 0 spiro atoms. The van der Waals surface area contributed by atoms with Gasteiger partial charge in [0.25, 0.3) is 0 Å². The Labute approximate surface area is 181 Å². The van der Waals surface area contributed by atoms with E-state index in [0.29, 0.717) is 5.76 Å². The van der Waals surface area contributed by atoms with Crippen molar-refractivity contribution in [2.45, 2.75) is 37.9 Å². The number of fused-ring (bicyclic) bond motifs is 1. The molecule has 5 nitrogen and oxygen atoms in total. The van der Waals surface area contributed by atoms with E-state index in [9.17, 15) is 0 Å². The maximum atomic E-state index is 6.62. The molecule has 30 heavy (non-hydrogen) atoms. The smallest absolute Gasteiger partial charge is 0.175 e. The van der Waals surface area contributed by atoms with Crippen molar-refractivity contribution in [2.24, 2.45) is 0 Å². The molecule has 2 aliphatic heterocycles. The highest BCUT2D eigenvalue weighted by atomic mass is 32.1. The molecule has 1 saturated heterocycles. The van der Waals surface area contributed by atoms with Crippen LogP contribution in [0, 0.1) is 0 Å². The summed E-state index contributed by atoms with van der Waals surface area (Å²) in [6.07, 6.45) is 13.4. The van der Waals surface area contributed by atoms with Gasteiger partial charge in [-0.25, -0.2) is 4.98 Å². The van der Waals surface area contributed by atoms with Gasteiger partial charge in [0.2, 0.25) is 0 Å². The molecular formula is C24H26N2O3S. The molecule has 5 rings (SSSR count). The Balaban J connectivity index is 1.42. The molecule has 2 aromatic rings. The summed E-state index contributed by atoms with van der Waals surface area (Å²) in [7, 11) is 2.16. The quantitative estimate of drug-likeness (QED) is 0.641. The van der Waals surface area contributed by atoms with E-state index in [4.69, 9.17) is 19.2 Å². The number of benzene rings is 1. The van der Waals surface area contributed by atoms with Crippen molar-refractivity contribution in [1.82, 2.24) is 9.88 Å². The summed E-state index contributed by atoms with van der Waals surface area (Å²) in [5, 5.41) is 0.906. The fourth-order valence-electron chi connectivity index (χ4n) is 3.97. The predicted octanol–water partition coefficient (Wildman–Crippen LogP) is 5.45. The highest BCUT2D eigenvalue weighted by Crippen LogP contribution is 2.38. The summed E-state index contributed by atoms with van der Waals surface area (Å²) in [5.41, 5.74) is 2.13. The molecule has 0 bridgehead atoms. The molecule has 6 heteroatoms. The molecule has 0 amide bonds. The zero-order valence-electron chi connectivity index (χ0n) is 17.1. The first-order chi connectivity index (χ1) is 14.8. The third kappa shape index (κ3) is 4.21. The zero-order valence-corrected chi connectivity index (χ0v) is 17.9. The number of hydrogen-bond donors (Lipinski definition) is 0. The number of likely N-dealkylation sites (tertiary alicyclic amines) is 1. The summed E-state index contributed by atoms with van der Waals surface area (Å²) in [6, 6.07) is 8.20. The van der Waals surface area contributed by atoms with E-state index in [1.165, 1.54) is 0 Å². The van der Waals surface area contributed by atoms with E-state index in [1.807, 2.05) is 18.2 Å². The van der Waals surface area contributed by atoms with Crippen molar-refractivity contribution in [3.05, 3.63) is 77.1 Å². The molecule has 156 valence electrons. The molecule has 1 fully saturated rings. The number of aromatic nitrogens is 1. The van der Waals surface area contributed by atoms with Gasteiger partial charge in [0.05, 0.1) is 16.3 Å². The third-order valence-corrected chi connectivity index (χ3v) is 6.78. The van der Waals surface area contributed by atoms with Crippen LogP contribution in [0.1, 0.15) is 36.8 Å². The van der Waals surface area contributed by atoms with Gasteiger partial charge in [-0.15, -0.1) is 11.3 Å². The lowest BCUT2D eigenvalue weighted by Gasteiger charge is -2.32. The van der Waals surface area contributed by atoms with Crippen molar-refractivity contribution < 1.29 is 14.2 Å². The van der Waals surface area contributed by atoms with Crippen molar-refractivity contribution in [3.63, 3.8) is 0 Å². The van der Waals surface area contributed by atoms with E-state index in [2.05, 4.69) is 36.2 Å². The Bertz CT molecular complexity index is 995. The van der Waals surface area contributed by atoms with Gasteiger partial charge in [0, 0.05) is 13.1 Å². The van der Waals surface area contributed by atoms with Crippen LogP contribution in [-0.2, 0) is 14.2 Å². The van der Waals surface area contributed by atoms with E-state index >= 15 is 0 Å². The lowest BCUT2D eigenvalue weighted by Crippen LogP contribution is -2.35. The molecule has 1 aromatic heterocycles. The Morgan fingerprint density at radius 3 is 2.87 bits per heavy atom. The van der Waals surface area contributed by atoms with Gasteiger partial charge in [-0.2, -0.15) is 0 Å². The molecule has 1 atom stereocenters. The number of para-hydroxylation sites is 1. The predicted molar refractivity (Wildman–Crippen MR) is 119 cm³/mol. The number of rotatable bonds is 5. The van der Waals surface area contributed by atoms with Crippen molar-refractivity contribution in [3.8, 4) is 0 Å². The molecular weight excluding hydrogens is 396 g/mol. The van der Waals surface area contributed by atoms with Crippen LogP contribution in [0.2, 0.25) is 0 Å². The number of allylic oxidation sites excluding steroid dienone is 4. The molecule has 3 aliphatic rings. The fourth-order valence-corrected chi connectivity index (χ4v) is 4.98. The van der Waals surface area contributed by atoms with E-state index in [-0.39, 0.29) is 12.2 Å². The van der Waals surface area contributed by atoms with E-state index in [1.54, 1.807) is 23.9 Å². The molecule has 1 aromatic carbocycles. The average Bonchev–Trinajstić information content (AvgIpc) is 3.23. The van der Waals surface area contributed by atoms with E-state index in [0.717, 1.165) is 65.3 Å². The first-order valence-electron chi connectivity index (χ1n) is 10.6. The first kappa shape index (κ1) is 19.5. The molecule has 3 heterocycles. The topological polar surface area (TPSA) is 43.8 Å². The van der Waals surface area contributed by atoms with Gasteiger partial charge in [-0.3, -0.25) is 0 Å². The Kier molecular flexibility index (Phi) is 5.71. The molecule has 0 N–H and O–H groups in total. The zero-order chi connectivity index (χ0) is 20.3. The summed E-state index contributed by atoms with van der Waals surface area (Å²) in [5.74, 6) is 1.43. The number of ether oxygens (including phenoxy) is 3. The number of piperidine rings is 1. The molecule has 1 unspecified atom stereocenters. The fraction of sp³-hybridized carbons (Fsp3) is 0.375. The van der Waals surface area contributed by atoms with Crippen molar-refractivity contribution >= 4 is 21.6 Å². The minimum absolute atomic E-state index is 0.175. The third-order valence-electron chi connectivity index (χ3n) is 5.70. The maximum Gasteiger partial charge on any atom is 0.175 e. The van der Waals surface area contributed by atoms with Crippen molar-refractivity contribution in [1.29, 1.82) is 0 Å². The standard InChI is InChI=1S/C24H26N2O3S/c1-26-13-11-18(12-14-26)28-23(24-25-19-9-5-6-10-22(19)30-24)21-16-27-15-20(29-21)17-7-3-2-4-8-17/h2-3,5-7,9-10,15-16,18,23H,4,8,11-14H2,1H3. The second-order valence-corrected chi connectivity index (χ2v) is 9.00.